The van der Waals surface area contributed by atoms with Crippen LogP contribution in [0.1, 0.15) is 18.1 Å². The predicted molar refractivity (Wildman–Crippen MR) is 54.6 cm³/mol. The minimum atomic E-state index is 0.454. The van der Waals surface area contributed by atoms with Crippen LogP contribution in [0.4, 0.5) is 5.69 Å². The minimum absolute atomic E-state index is 0.454. The molecule has 13 heavy (non-hydrogen) atoms. The molecule has 0 aliphatic rings. The molecule has 1 aromatic rings. The smallest absolute Gasteiger partial charge is 0.122 e. The van der Waals surface area contributed by atoms with Gasteiger partial charge < -0.3 is 15.9 Å². The first-order valence-electron chi connectivity index (χ1n) is 4.06. The fourth-order valence-electron chi connectivity index (χ4n) is 1.26. The van der Waals surface area contributed by atoms with E-state index in [2.05, 4.69) is 0 Å². The molecule has 0 spiro atoms. The zero-order valence-corrected chi connectivity index (χ0v) is 8.14. The van der Waals surface area contributed by atoms with Crippen molar-refractivity contribution < 1.29 is 4.74 Å². The summed E-state index contributed by atoms with van der Waals surface area (Å²) in [6.07, 6.45) is 0. The number of hydrogen-bond donors (Lipinski definition) is 2. The van der Waals surface area contributed by atoms with E-state index in [4.69, 9.17) is 15.9 Å². The number of anilines is 1. The van der Waals surface area contributed by atoms with Crippen LogP contribution in [0.5, 0.6) is 5.75 Å². The standard InChI is InChI=1S/C10H14N2O/c1-6-4-9(12)8(7(2)11)5-10(6)13-3/h4-5,11H,12H2,1-3H3. The van der Waals surface area contributed by atoms with Gasteiger partial charge in [-0.15, -0.1) is 0 Å². The highest BCUT2D eigenvalue weighted by Crippen LogP contribution is 2.24. The Hall–Kier alpha value is -1.51. The van der Waals surface area contributed by atoms with E-state index in [0.717, 1.165) is 16.9 Å². The SMILES string of the molecule is COc1cc(C(C)=N)c(N)cc1C. The molecule has 0 amide bonds. The van der Waals surface area contributed by atoms with Gasteiger partial charge >= 0.3 is 0 Å². The van der Waals surface area contributed by atoms with Crippen molar-refractivity contribution in [2.24, 2.45) is 0 Å². The molecule has 3 N–H and O–H groups in total. The van der Waals surface area contributed by atoms with Gasteiger partial charge in [0, 0.05) is 17.0 Å². The van der Waals surface area contributed by atoms with Gasteiger partial charge in [-0.1, -0.05) is 0 Å². The van der Waals surface area contributed by atoms with Crippen LogP contribution in [0.25, 0.3) is 0 Å². The van der Waals surface area contributed by atoms with Crippen LogP contribution in [0.15, 0.2) is 12.1 Å². The lowest BCUT2D eigenvalue weighted by Gasteiger charge is -2.09. The van der Waals surface area contributed by atoms with Crippen molar-refractivity contribution in [3.05, 3.63) is 23.3 Å². The summed E-state index contributed by atoms with van der Waals surface area (Å²) in [6.45, 7) is 3.64. The maximum atomic E-state index is 7.48. The Bertz CT molecular complexity index is 345. The van der Waals surface area contributed by atoms with E-state index in [9.17, 15) is 0 Å². The highest BCUT2D eigenvalue weighted by atomic mass is 16.5. The molecule has 0 fully saturated rings. The third-order valence-electron chi connectivity index (χ3n) is 1.97. The van der Waals surface area contributed by atoms with Gasteiger partial charge in [0.15, 0.2) is 0 Å². The van der Waals surface area contributed by atoms with Crippen molar-refractivity contribution in [3.8, 4) is 5.75 Å². The molecule has 0 saturated carbocycles. The van der Waals surface area contributed by atoms with E-state index < -0.39 is 0 Å². The quantitative estimate of drug-likeness (QED) is 0.537. The molecular weight excluding hydrogens is 164 g/mol. The molecule has 70 valence electrons. The molecular formula is C10H14N2O. The third kappa shape index (κ3) is 1.80. The second-order valence-electron chi connectivity index (χ2n) is 3.03. The van der Waals surface area contributed by atoms with Crippen LogP contribution in [-0.4, -0.2) is 12.8 Å². The van der Waals surface area contributed by atoms with Crippen LogP contribution in [0, 0.1) is 12.3 Å². The van der Waals surface area contributed by atoms with Crippen LogP contribution >= 0.6 is 0 Å². The van der Waals surface area contributed by atoms with Crippen molar-refractivity contribution in [3.63, 3.8) is 0 Å². The number of nitrogens with one attached hydrogen (secondary N) is 1. The summed E-state index contributed by atoms with van der Waals surface area (Å²) in [6, 6.07) is 3.62. The van der Waals surface area contributed by atoms with Crippen LogP contribution < -0.4 is 10.5 Å². The largest absolute Gasteiger partial charge is 0.496 e. The van der Waals surface area contributed by atoms with Crippen molar-refractivity contribution in [1.29, 1.82) is 5.41 Å². The third-order valence-corrected chi connectivity index (χ3v) is 1.97. The van der Waals surface area contributed by atoms with Crippen molar-refractivity contribution >= 4 is 11.4 Å². The van der Waals surface area contributed by atoms with E-state index in [1.807, 2.05) is 13.0 Å². The molecule has 1 aromatic carbocycles. The van der Waals surface area contributed by atoms with Crippen molar-refractivity contribution in [1.82, 2.24) is 0 Å². The monoisotopic (exact) mass is 178 g/mol. The Balaban J connectivity index is 3.30. The Kier molecular flexibility index (Phi) is 2.56. The van der Waals surface area contributed by atoms with Crippen molar-refractivity contribution in [2.45, 2.75) is 13.8 Å². The number of rotatable bonds is 2. The van der Waals surface area contributed by atoms with Crippen LogP contribution in [0.3, 0.4) is 0 Å². The number of benzene rings is 1. The summed E-state index contributed by atoms with van der Waals surface area (Å²) >= 11 is 0. The first-order valence-corrected chi connectivity index (χ1v) is 4.06. The average Bonchev–Trinajstić information content (AvgIpc) is 2.03. The molecule has 0 heterocycles. The Morgan fingerprint density at radius 1 is 1.46 bits per heavy atom. The lowest BCUT2D eigenvalue weighted by molar-refractivity contribution is 0.411. The second kappa shape index (κ2) is 3.47. The lowest BCUT2D eigenvalue weighted by Crippen LogP contribution is -2.01. The Morgan fingerprint density at radius 2 is 2.08 bits per heavy atom. The highest BCUT2D eigenvalue weighted by molar-refractivity contribution is 6.01. The summed E-state index contributed by atoms with van der Waals surface area (Å²) in [4.78, 5) is 0. The van der Waals surface area contributed by atoms with Crippen molar-refractivity contribution in [2.75, 3.05) is 12.8 Å². The second-order valence-corrected chi connectivity index (χ2v) is 3.03. The normalized spacial score (nSPS) is 9.77. The van der Waals surface area contributed by atoms with E-state index in [1.165, 1.54) is 0 Å². The van der Waals surface area contributed by atoms with E-state index in [0.29, 0.717) is 11.4 Å². The molecule has 1 rings (SSSR count). The van der Waals surface area contributed by atoms with Crippen LogP contribution in [-0.2, 0) is 0 Å². The predicted octanol–water partition coefficient (Wildman–Crippen LogP) is 1.97. The molecule has 0 bridgehead atoms. The van der Waals surface area contributed by atoms with Gasteiger partial charge in [-0.25, -0.2) is 0 Å². The fourth-order valence-corrected chi connectivity index (χ4v) is 1.26. The number of hydrogen-bond acceptors (Lipinski definition) is 3. The summed E-state index contributed by atoms with van der Waals surface area (Å²) in [5.74, 6) is 0.774. The molecule has 0 aliphatic carbocycles. The summed E-state index contributed by atoms with van der Waals surface area (Å²) in [5.41, 5.74) is 8.56. The molecule has 3 nitrogen and oxygen atoms in total. The Morgan fingerprint density at radius 3 is 2.54 bits per heavy atom. The van der Waals surface area contributed by atoms with Gasteiger partial charge in [0.25, 0.3) is 0 Å². The van der Waals surface area contributed by atoms with Gasteiger partial charge in [-0.05, 0) is 31.5 Å². The maximum Gasteiger partial charge on any atom is 0.122 e. The van der Waals surface area contributed by atoms with Gasteiger partial charge in [0.05, 0.1) is 7.11 Å². The number of aryl methyl sites for hydroxylation is 1. The van der Waals surface area contributed by atoms with Gasteiger partial charge in [-0.2, -0.15) is 0 Å². The molecule has 0 unspecified atom stereocenters. The average molecular weight is 178 g/mol. The number of ether oxygens (including phenoxy) is 1. The molecule has 0 aromatic heterocycles. The first kappa shape index (κ1) is 9.58. The fraction of sp³-hybridized carbons (Fsp3) is 0.300. The maximum absolute atomic E-state index is 7.48. The van der Waals surface area contributed by atoms with Gasteiger partial charge in [-0.3, -0.25) is 0 Å². The van der Waals surface area contributed by atoms with E-state index >= 15 is 0 Å². The first-order chi connectivity index (χ1) is 6.06. The summed E-state index contributed by atoms with van der Waals surface area (Å²) in [5, 5.41) is 7.48. The molecule has 0 saturated heterocycles. The van der Waals surface area contributed by atoms with E-state index in [1.54, 1.807) is 20.1 Å². The zero-order chi connectivity index (χ0) is 10.0. The van der Waals surface area contributed by atoms with Crippen LogP contribution in [0.2, 0.25) is 0 Å². The highest BCUT2D eigenvalue weighted by Gasteiger charge is 2.06. The topological polar surface area (TPSA) is 59.1 Å². The van der Waals surface area contributed by atoms with Gasteiger partial charge in [0.1, 0.15) is 5.75 Å². The summed E-state index contributed by atoms with van der Waals surface area (Å²) < 4.78 is 5.14. The van der Waals surface area contributed by atoms with Gasteiger partial charge in [0.2, 0.25) is 0 Å². The molecule has 0 atom stereocenters. The zero-order valence-electron chi connectivity index (χ0n) is 8.14. The molecule has 0 aliphatic heterocycles. The number of nitrogens with two attached hydrogens (primary N) is 1. The Labute approximate surface area is 78.0 Å². The lowest BCUT2D eigenvalue weighted by atomic mass is 10.1. The number of methoxy groups -OCH3 is 1. The molecule has 0 radical (unpaired) electrons. The number of nitrogen functional groups attached to an aromatic ring is 1. The summed E-state index contributed by atoms with van der Waals surface area (Å²) in [7, 11) is 1.61. The molecule has 3 heteroatoms. The minimum Gasteiger partial charge on any atom is -0.496 e. The van der Waals surface area contributed by atoms with E-state index in [-0.39, 0.29) is 0 Å².